The van der Waals surface area contributed by atoms with Gasteiger partial charge < -0.3 is 0 Å². The van der Waals surface area contributed by atoms with Crippen molar-refractivity contribution in [2.75, 3.05) is 0 Å². The van der Waals surface area contributed by atoms with Crippen LogP contribution in [0.25, 0.3) is 0 Å². The van der Waals surface area contributed by atoms with Crippen LogP contribution in [0.2, 0.25) is 0 Å². The number of alkyl halides is 1. The van der Waals surface area contributed by atoms with Gasteiger partial charge in [0.25, 0.3) is 0 Å². The molecular formula is C9H13BrN2. The number of rotatable bonds is 2. The van der Waals surface area contributed by atoms with Crippen molar-refractivity contribution in [2.45, 2.75) is 32.0 Å². The number of hydrogen-bond acceptors (Lipinski definition) is 2. The zero-order chi connectivity index (χ0) is 9.14. The Morgan fingerprint density at radius 1 is 1.50 bits per heavy atom. The molecule has 0 aliphatic carbocycles. The van der Waals surface area contributed by atoms with E-state index in [2.05, 4.69) is 39.7 Å². The molecule has 0 spiro atoms. The summed E-state index contributed by atoms with van der Waals surface area (Å²) in [6, 6.07) is 0. The van der Waals surface area contributed by atoms with Gasteiger partial charge in [-0.05, 0) is 6.92 Å². The first-order valence-corrected chi connectivity index (χ1v) is 5.15. The summed E-state index contributed by atoms with van der Waals surface area (Å²) in [6.07, 6.45) is 1.90. The maximum Gasteiger partial charge on any atom is 0.131 e. The van der Waals surface area contributed by atoms with Crippen molar-refractivity contribution in [3.63, 3.8) is 0 Å². The van der Waals surface area contributed by atoms with Crippen LogP contribution in [0.5, 0.6) is 0 Å². The third kappa shape index (κ3) is 2.03. The molecule has 0 unspecified atom stereocenters. The third-order valence-electron chi connectivity index (χ3n) is 1.76. The lowest BCUT2D eigenvalue weighted by Crippen LogP contribution is -2.01. The fourth-order valence-corrected chi connectivity index (χ4v) is 1.47. The minimum Gasteiger partial charge on any atom is -0.241 e. The highest BCUT2D eigenvalue weighted by Gasteiger charge is 2.04. The molecule has 0 fully saturated rings. The quantitative estimate of drug-likeness (QED) is 0.728. The van der Waals surface area contributed by atoms with Crippen LogP contribution < -0.4 is 0 Å². The van der Waals surface area contributed by atoms with Crippen molar-refractivity contribution >= 4 is 15.9 Å². The summed E-state index contributed by atoms with van der Waals surface area (Å²) in [6.45, 7) is 6.22. The van der Waals surface area contributed by atoms with Crippen LogP contribution in [0.3, 0.4) is 0 Å². The van der Waals surface area contributed by atoms with E-state index < -0.39 is 0 Å². The molecule has 0 aromatic carbocycles. The first-order chi connectivity index (χ1) is 5.65. The molecule has 0 atom stereocenters. The molecule has 0 saturated heterocycles. The number of halogens is 1. The fraction of sp³-hybridized carbons (Fsp3) is 0.556. The number of nitrogens with zero attached hydrogens (tertiary/aromatic N) is 2. The van der Waals surface area contributed by atoms with E-state index in [0.29, 0.717) is 5.92 Å². The van der Waals surface area contributed by atoms with Gasteiger partial charge in [0, 0.05) is 28.7 Å². The van der Waals surface area contributed by atoms with E-state index in [9.17, 15) is 0 Å². The lowest BCUT2D eigenvalue weighted by atomic mass is 10.2. The smallest absolute Gasteiger partial charge is 0.131 e. The molecule has 0 N–H and O–H groups in total. The van der Waals surface area contributed by atoms with Crippen LogP contribution in [0.4, 0.5) is 0 Å². The molecule has 0 saturated carbocycles. The summed E-state index contributed by atoms with van der Waals surface area (Å²) in [5, 5.41) is 0.831. The van der Waals surface area contributed by atoms with Crippen LogP contribution in [0.1, 0.15) is 36.8 Å². The fourth-order valence-electron chi connectivity index (χ4n) is 0.919. The molecule has 0 aliphatic heterocycles. The van der Waals surface area contributed by atoms with Gasteiger partial charge in [0.05, 0.1) is 0 Å². The molecule has 12 heavy (non-hydrogen) atoms. The van der Waals surface area contributed by atoms with Gasteiger partial charge in [0.1, 0.15) is 5.82 Å². The van der Waals surface area contributed by atoms with Gasteiger partial charge in [-0.15, -0.1) is 0 Å². The molecule has 2 nitrogen and oxygen atoms in total. The Hall–Kier alpha value is -0.440. The summed E-state index contributed by atoms with van der Waals surface area (Å²) in [5.74, 6) is 1.34. The first kappa shape index (κ1) is 9.65. The minimum absolute atomic E-state index is 0.410. The van der Waals surface area contributed by atoms with Gasteiger partial charge in [-0.25, -0.2) is 9.97 Å². The third-order valence-corrected chi connectivity index (χ3v) is 2.36. The van der Waals surface area contributed by atoms with Gasteiger partial charge >= 0.3 is 0 Å². The Kier molecular flexibility index (Phi) is 3.20. The second kappa shape index (κ2) is 3.99. The molecule has 0 radical (unpaired) electrons. The molecule has 1 aromatic heterocycles. The maximum atomic E-state index is 4.40. The van der Waals surface area contributed by atoms with Crippen LogP contribution in [-0.2, 0) is 5.33 Å². The Morgan fingerprint density at radius 3 is 2.58 bits per heavy atom. The summed E-state index contributed by atoms with van der Waals surface area (Å²) in [4.78, 5) is 8.67. The predicted octanol–water partition coefficient (Wildman–Crippen LogP) is 2.80. The molecule has 1 aromatic rings. The SMILES string of the molecule is Cc1nc(C(C)C)ncc1CBr. The molecule has 1 rings (SSSR count). The molecule has 3 heteroatoms. The van der Waals surface area contributed by atoms with E-state index >= 15 is 0 Å². The van der Waals surface area contributed by atoms with Gasteiger partial charge in [-0.1, -0.05) is 29.8 Å². The van der Waals surface area contributed by atoms with E-state index in [1.807, 2.05) is 13.1 Å². The van der Waals surface area contributed by atoms with Gasteiger partial charge in [-0.2, -0.15) is 0 Å². The second-order valence-corrected chi connectivity index (χ2v) is 3.69. The molecular weight excluding hydrogens is 216 g/mol. The topological polar surface area (TPSA) is 25.8 Å². The Balaban J connectivity index is 3.02. The summed E-state index contributed by atoms with van der Waals surface area (Å²) >= 11 is 3.39. The zero-order valence-electron chi connectivity index (χ0n) is 7.63. The molecule has 66 valence electrons. The molecule has 0 aliphatic rings. The largest absolute Gasteiger partial charge is 0.241 e. The minimum atomic E-state index is 0.410. The number of hydrogen-bond donors (Lipinski definition) is 0. The van der Waals surface area contributed by atoms with Gasteiger partial charge in [0.15, 0.2) is 0 Å². The van der Waals surface area contributed by atoms with Crippen molar-refractivity contribution in [1.29, 1.82) is 0 Å². The highest BCUT2D eigenvalue weighted by molar-refractivity contribution is 9.08. The number of aromatic nitrogens is 2. The van der Waals surface area contributed by atoms with Gasteiger partial charge in [0.2, 0.25) is 0 Å². The van der Waals surface area contributed by atoms with E-state index in [4.69, 9.17) is 0 Å². The van der Waals surface area contributed by atoms with Crippen molar-refractivity contribution in [2.24, 2.45) is 0 Å². The highest BCUT2D eigenvalue weighted by Crippen LogP contribution is 2.13. The summed E-state index contributed by atoms with van der Waals surface area (Å²) in [5.41, 5.74) is 2.24. The van der Waals surface area contributed by atoms with E-state index in [0.717, 1.165) is 16.8 Å². The average Bonchev–Trinajstić information content (AvgIpc) is 2.04. The van der Waals surface area contributed by atoms with Crippen molar-refractivity contribution in [3.05, 3.63) is 23.3 Å². The molecule has 0 amide bonds. The molecule has 1 heterocycles. The van der Waals surface area contributed by atoms with Crippen LogP contribution >= 0.6 is 15.9 Å². The maximum absolute atomic E-state index is 4.40. The number of aryl methyl sites for hydroxylation is 1. The lowest BCUT2D eigenvalue weighted by molar-refractivity contribution is 0.762. The monoisotopic (exact) mass is 228 g/mol. The van der Waals surface area contributed by atoms with E-state index in [1.165, 1.54) is 5.56 Å². The van der Waals surface area contributed by atoms with Crippen LogP contribution in [0, 0.1) is 6.92 Å². The van der Waals surface area contributed by atoms with Crippen molar-refractivity contribution < 1.29 is 0 Å². The van der Waals surface area contributed by atoms with Crippen molar-refractivity contribution in [3.8, 4) is 0 Å². The summed E-state index contributed by atoms with van der Waals surface area (Å²) < 4.78 is 0. The Bertz CT molecular complexity index is 271. The average molecular weight is 229 g/mol. The van der Waals surface area contributed by atoms with Crippen LogP contribution in [0.15, 0.2) is 6.20 Å². The van der Waals surface area contributed by atoms with E-state index in [1.54, 1.807) is 0 Å². The Labute approximate surface area is 81.6 Å². The lowest BCUT2D eigenvalue weighted by Gasteiger charge is -2.06. The van der Waals surface area contributed by atoms with Crippen molar-refractivity contribution in [1.82, 2.24) is 9.97 Å². The normalized spacial score (nSPS) is 10.8. The zero-order valence-corrected chi connectivity index (χ0v) is 9.22. The molecule has 0 bridgehead atoms. The van der Waals surface area contributed by atoms with Gasteiger partial charge in [-0.3, -0.25) is 0 Å². The standard InChI is InChI=1S/C9H13BrN2/c1-6(2)9-11-5-8(4-10)7(3)12-9/h5-6H,4H2,1-3H3. The first-order valence-electron chi connectivity index (χ1n) is 4.03. The van der Waals surface area contributed by atoms with Crippen LogP contribution in [-0.4, -0.2) is 9.97 Å². The van der Waals surface area contributed by atoms with E-state index in [-0.39, 0.29) is 0 Å². The second-order valence-electron chi connectivity index (χ2n) is 3.13. The summed E-state index contributed by atoms with van der Waals surface area (Å²) in [7, 11) is 0. The predicted molar refractivity (Wildman–Crippen MR) is 53.5 cm³/mol. The highest BCUT2D eigenvalue weighted by atomic mass is 79.9. The Morgan fingerprint density at radius 2 is 2.17 bits per heavy atom.